The van der Waals surface area contributed by atoms with Gasteiger partial charge >= 0.3 is 0 Å². The zero-order valence-electron chi connectivity index (χ0n) is 12.1. The lowest BCUT2D eigenvalue weighted by molar-refractivity contribution is 0.146. The second-order valence-corrected chi connectivity index (χ2v) is 4.57. The van der Waals surface area contributed by atoms with Crippen molar-refractivity contribution in [3.63, 3.8) is 0 Å². The lowest BCUT2D eigenvalue weighted by Crippen LogP contribution is -2.04. The summed E-state index contributed by atoms with van der Waals surface area (Å²) < 4.78 is 12.6. The molecule has 4 nitrogen and oxygen atoms in total. The average molecular weight is 274 g/mol. The van der Waals surface area contributed by atoms with Gasteiger partial charge in [-0.2, -0.15) is 0 Å². The Morgan fingerprint density at radius 3 is 2.55 bits per heavy atom. The van der Waals surface area contributed by atoms with Gasteiger partial charge in [-0.05, 0) is 42.8 Å². The molecule has 0 saturated heterocycles. The quantitative estimate of drug-likeness (QED) is 0.751. The van der Waals surface area contributed by atoms with Gasteiger partial charge in [0.1, 0.15) is 12.4 Å². The van der Waals surface area contributed by atoms with Gasteiger partial charge in [0.25, 0.3) is 0 Å². The molecule has 1 aromatic heterocycles. The molecule has 0 unspecified atom stereocenters. The summed E-state index contributed by atoms with van der Waals surface area (Å²) in [6.45, 7) is 5.16. The predicted molar refractivity (Wildman–Crippen MR) is 81.2 cm³/mol. The Bertz CT molecular complexity index is 505. The van der Waals surface area contributed by atoms with E-state index in [1.807, 2.05) is 24.3 Å². The fourth-order valence-electron chi connectivity index (χ4n) is 1.91. The highest BCUT2D eigenvalue weighted by atomic mass is 16.5. The molecule has 0 saturated carbocycles. The molecule has 1 N–H and O–H groups in total. The van der Waals surface area contributed by atoms with E-state index in [2.05, 4.69) is 35.3 Å². The molecule has 4 heteroatoms. The summed E-state index contributed by atoms with van der Waals surface area (Å²) in [6.07, 6.45) is 4.26. The van der Waals surface area contributed by atoms with Gasteiger partial charge in [0, 0.05) is 38.3 Å². The van der Waals surface area contributed by atoms with Crippen LogP contribution in [0.3, 0.4) is 0 Å². The first-order valence-electron chi connectivity index (χ1n) is 6.92. The van der Waals surface area contributed by atoms with Crippen LogP contribution in [0.15, 0.2) is 42.7 Å². The number of aromatic nitrogens is 1. The Hall–Kier alpha value is -1.94. The number of hydrogen-bond acceptors (Lipinski definition) is 3. The highest BCUT2D eigenvalue weighted by molar-refractivity contribution is 5.46. The van der Waals surface area contributed by atoms with Gasteiger partial charge in [-0.25, -0.2) is 0 Å². The van der Waals surface area contributed by atoms with Crippen LogP contribution in [0.5, 0.6) is 5.75 Å². The highest BCUT2D eigenvalue weighted by Gasteiger charge is 1.98. The molecule has 0 bridgehead atoms. The highest BCUT2D eigenvalue weighted by Crippen LogP contribution is 2.16. The van der Waals surface area contributed by atoms with Gasteiger partial charge in [-0.3, -0.25) is 0 Å². The van der Waals surface area contributed by atoms with Crippen molar-refractivity contribution in [2.24, 2.45) is 0 Å². The summed E-state index contributed by atoms with van der Waals surface area (Å²) in [4.78, 5) is 0. The van der Waals surface area contributed by atoms with E-state index >= 15 is 0 Å². The van der Waals surface area contributed by atoms with Crippen molar-refractivity contribution in [1.82, 2.24) is 4.57 Å². The zero-order valence-corrected chi connectivity index (χ0v) is 12.1. The monoisotopic (exact) mass is 274 g/mol. The fourth-order valence-corrected chi connectivity index (χ4v) is 1.91. The van der Waals surface area contributed by atoms with Gasteiger partial charge in [-0.15, -0.1) is 0 Å². The third kappa shape index (κ3) is 4.31. The first kappa shape index (κ1) is 14.5. The molecule has 0 radical (unpaired) electrons. The Morgan fingerprint density at radius 1 is 1.10 bits per heavy atom. The number of anilines is 1. The van der Waals surface area contributed by atoms with Crippen LogP contribution in [0.25, 0.3) is 0 Å². The number of hydrogen-bond donors (Lipinski definition) is 1. The molecule has 0 spiro atoms. The van der Waals surface area contributed by atoms with Crippen LogP contribution in [0.2, 0.25) is 0 Å². The van der Waals surface area contributed by atoms with Gasteiger partial charge < -0.3 is 19.4 Å². The topological polar surface area (TPSA) is 35.4 Å². The summed E-state index contributed by atoms with van der Waals surface area (Å²) in [5, 5.41) is 3.40. The normalized spacial score (nSPS) is 10.5. The number of methoxy groups -OCH3 is 1. The first-order valence-corrected chi connectivity index (χ1v) is 6.92. The van der Waals surface area contributed by atoms with Crippen LogP contribution >= 0.6 is 0 Å². The molecule has 0 fully saturated rings. The molecule has 0 amide bonds. The lowest BCUT2D eigenvalue weighted by Gasteiger charge is -2.08. The lowest BCUT2D eigenvalue weighted by atomic mass is 10.3. The number of ether oxygens (including phenoxy) is 2. The molecule has 0 aliphatic heterocycles. The molecule has 20 heavy (non-hydrogen) atoms. The minimum atomic E-state index is 0.577. The predicted octanol–water partition coefficient (Wildman–Crippen LogP) is 3.15. The molecule has 108 valence electrons. The van der Waals surface area contributed by atoms with Gasteiger partial charge in [0.15, 0.2) is 0 Å². The largest absolute Gasteiger partial charge is 0.491 e. The third-order valence-electron chi connectivity index (χ3n) is 3.08. The van der Waals surface area contributed by atoms with Crippen molar-refractivity contribution in [2.75, 3.05) is 25.6 Å². The van der Waals surface area contributed by atoms with E-state index in [1.165, 1.54) is 5.56 Å². The minimum absolute atomic E-state index is 0.577. The second-order valence-electron chi connectivity index (χ2n) is 4.57. The maximum atomic E-state index is 5.53. The maximum absolute atomic E-state index is 5.53. The first-order chi connectivity index (χ1) is 9.81. The Labute approximate surface area is 120 Å². The second kappa shape index (κ2) is 7.60. The average Bonchev–Trinajstić information content (AvgIpc) is 2.95. The summed E-state index contributed by atoms with van der Waals surface area (Å²) in [5.74, 6) is 0.865. The van der Waals surface area contributed by atoms with Crippen molar-refractivity contribution in [2.45, 2.75) is 20.0 Å². The van der Waals surface area contributed by atoms with Crippen molar-refractivity contribution >= 4 is 5.69 Å². The van der Waals surface area contributed by atoms with Gasteiger partial charge in [0.2, 0.25) is 0 Å². The minimum Gasteiger partial charge on any atom is -0.491 e. The van der Waals surface area contributed by atoms with Gasteiger partial charge in [-0.1, -0.05) is 0 Å². The van der Waals surface area contributed by atoms with E-state index in [0.29, 0.717) is 13.2 Å². The van der Waals surface area contributed by atoms with Crippen molar-refractivity contribution in [1.29, 1.82) is 0 Å². The molecule has 2 rings (SSSR count). The molecule has 1 heterocycles. The molecule has 0 aliphatic rings. The van der Waals surface area contributed by atoms with Gasteiger partial charge in [0.05, 0.1) is 6.61 Å². The fraction of sp³-hybridized carbons (Fsp3) is 0.375. The summed E-state index contributed by atoms with van der Waals surface area (Å²) >= 11 is 0. The van der Waals surface area contributed by atoms with E-state index in [0.717, 1.165) is 24.5 Å². The summed E-state index contributed by atoms with van der Waals surface area (Å²) in [5.41, 5.74) is 2.38. The Morgan fingerprint density at radius 2 is 1.90 bits per heavy atom. The third-order valence-corrected chi connectivity index (χ3v) is 3.08. The number of nitrogens with zero attached hydrogens (tertiary/aromatic N) is 1. The number of rotatable bonds is 8. The van der Waals surface area contributed by atoms with E-state index in [-0.39, 0.29) is 0 Å². The standard InChI is InChI=1S/C16H22N2O2/c1-3-18-9-8-14(13-18)12-17-15-4-6-16(7-5-15)20-11-10-19-2/h4-9,13,17H,3,10-12H2,1-2H3. The number of nitrogens with one attached hydrogen (secondary N) is 1. The van der Waals surface area contributed by atoms with Crippen LogP contribution < -0.4 is 10.1 Å². The SMILES string of the molecule is CCn1ccc(CNc2ccc(OCCOC)cc2)c1. The van der Waals surface area contributed by atoms with Crippen LogP contribution in [0.1, 0.15) is 12.5 Å². The van der Waals surface area contributed by atoms with Crippen molar-refractivity contribution in [3.05, 3.63) is 48.3 Å². The van der Waals surface area contributed by atoms with Crippen molar-refractivity contribution < 1.29 is 9.47 Å². The number of benzene rings is 1. The molecular weight excluding hydrogens is 252 g/mol. The van der Waals surface area contributed by atoms with E-state index in [1.54, 1.807) is 7.11 Å². The number of aryl methyl sites for hydroxylation is 1. The summed E-state index contributed by atoms with van der Waals surface area (Å²) in [7, 11) is 1.67. The van der Waals surface area contributed by atoms with Crippen LogP contribution in [0.4, 0.5) is 5.69 Å². The van der Waals surface area contributed by atoms with Crippen LogP contribution in [-0.2, 0) is 17.8 Å². The molecule has 2 aromatic rings. The molecular formula is C16H22N2O2. The Kier molecular flexibility index (Phi) is 5.50. The van der Waals surface area contributed by atoms with Crippen LogP contribution in [0, 0.1) is 0 Å². The summed E-state index contributed by atoms with van der Waals surface area (Å²) in [6, 6.07) is 10.1. The van der Waals surface area contributed by atoms with Crippen LogP contribution in [-0.4, -0.2) is 24.9 Å². The van der Waals surface area contributed by atoms with E-state index in [4.69, 9.17) is 9.47 Å². The molecule has 0 aliphatic carbocycles. The van der Waals surface area contributed by atoms with E-state index < -0.39 is 0 Å². The van der Waals surface area contributed by atoms with Crippen molar-refractivity contribution in [3.8, 4) is 5.75 Å². The van der Waals surface area contributed by atoms with E-state index in [9.17, 15) is 0 Å². The Balaban J connectivity index is 1.81. The molecule has 0 atom stereocenters. The molecule has 1 aromatic carbocycles. The smallest absolute Gasteiger partial charge is 0.119 e. The maximum Gasteiger partial charge on any atom is 0.119 e. The zero-order chi connectivity index (χ0) is 14.2.